The third-order valence-electron chi connectivity index (χ3n) is 5.51. The Labute approximate surface area is 210 Å². The van der Waals surface area contributed by atoms with E-state index in [2.05, 4.69) is 18.7 Å². The van der Waals surface area contributed by atoms with Gasteiger partial charge in [0.2, 0.25) is 5.75 Å². The molecule has 0 aliphatic carbocycles. The average molecular weight is 510 g/mol. The van der Waals surface area contributed by atoms with Gasteiger partial charge in [-0.2, -0.15) is 0 Å². The van der Waals surface area contributed by atoms with E-state index >= 15 is 0 Å². The van der Waals surface area contributed by atoms with Gasteiger partial charge in [0.05, 0.1) is 38.7 Å². The molecular weight excluding hydrogens is 478 g/mol. The standard InChI is InChI=1S/C24H31N3O5S.ClH/c1-7-26(8-2)11-12-27(24-25-18-10-9-17(29-3)15-21(18)33-24)23(28)16-13-19(30-4)22(32-6)20(14-16)31-5;/h9-10,13-15H,7-8,11-12H2,1-6H3;1H. The van der Waals surface area contributed by atoms with Gasteiger partial charge in [0.1, 0.15) is 5.75 Å². The number of hydrogen-bond donors (Lipinski definition) is 0. The van der Waals surface area contributed by atoms with E-state index in [9.17, 15) is 4.79 Å². The summed E-state index contributed by atoms with van der Waals surface area (Å²) in [5.74, 6) is 1.87. The lowest BCUT2D eigenvalue weighted by atomic mass is 10.1. The van der Waals surface area contributed by atoms with Crippen LogP contribution in [0.2, 0.25) is 0 Å². The van der Waals surface area contributed by atoms with Crippen molar-refractivity contribution in [2.24, 2.45) is 0 Å². The molecule has 0 unspecified atom stereocenters. The Morgan fingerprint density at radius 3 is 2.09 bits per heavy atom. The Balaban J connectivity index is 0.00000408. The first kappa shape index (κ1) is 27.5. The number of fused-ring (bicyclic) bond motifs is 1. The van der Waals surface area contributed by atoms with Crippen molar-refractivity contribution in [3.8, 4) is 23.0 Å². The quantitative estimate of drug-likeness (QED) is 0.369. The van der Waals surface area contributed by atoms with Gasteiger partial charge in [-0.25, -0.2) is 4.98 Å². The zero-order valence-electron chi connectivity index (χ0n) is 20.4. The van der Waals surface area contributed by atoms with Crippen molar-refractivity contribution < 1.29 is 23.7 Å². The molecule has 1 amide bonds. The van der Waals surface area contributed by atoms with Crippen LogP contribution in [0.5, 0.6) is 23.0 Å². The zero-order chi connectivity index (χ0) is 24.0. The van der Waals surface area contributed by atoms with Crippen molar-refractivity contribution in [2.75, 3.05) is 59.5 Å². The number of ether oxygens (including phenoxy) is 4. The number of methoxy groups -OCH3 is 4. The summed E-state index contributed by atoms with van der Waals surface area (Å²) in [4.78, 5) is 22.5. The van der Waals surface area contributed by atoms with E-state index in [1.165, 1.54) is 32.7 Å². The molecule has 1 heterocycles. The van der Waals surface area contributed by atoms with Crippen LogP contribution in [-0.4, -0.2) is 70.4 Å². The predicted molar refractivity (Wildman–Crippen MR) is 139 cm³/mol. The number of carbonyl (C=O) groups is 1. The predicted octanol–water partition coefficient (Wildman–Crippen LogP) is 4.74. The number of hydrogen-bond acceptors (Lipinski definition) is 8. The molecule has 0 bridgehead atoms. The molecule has 0 saturated carbocycles. The number of nitrogens with zero attached hydrogens (tertiary/aromatic N) is 3. The highest BCUT2D eigenvalue weighted by Crippen LogP contribution is 2.39. The topological polar surface area (TPSA) is 73.4 Å². The summed E-state index contributed by atoms with van der Waals surface area (Å²) in [5, 5.41) is 0.629. The summed E-state index contributed by atoms with van der Waals surface area (Å²) in [7, 11) is 6.23. The van der Waals surface area contributed by atoms with Crippen LogP contribution in [0.25, 0.3) is 10.2 Å². The Bertz CT molecular complexity index is 1080. The molecule has 2 aromatic carbocycles. The molecule has 1 aromatic heterocycles. The number of aromatic nitrogens is 1. The van der Waals surface area contributed by atoms with Gasteiger partial charge in [-0.05, 0) is 43.4 Å². The summed E-state index contributed by atoms with van der Waals surface area (Å²) in [6, 6.07) is 9.05. The average Bonchev–Trinajstić information content (AvgIpc) is 3.28. The third kappa shape index (κ3) is 5.84. The second-order valence-corrected chi connectivity index (χ2v) is 8.24. The van der Waals surface area contributed by atoms with Crippen LogP contribution < -0.4 is 23.8 Å². The maximum absolute atomic E-state index is 13.8. The van der Waals surface area contributed by atoms with Gasteiger partial charge < -0.3 is 23.8 Å². The van der Waals surface area contributed by atoms with Gasteiger partial charge in [-0.3, -0.25) is 9.69 Å². The number of rotatable bonds is 11. The van der Waals surface area contributed by atoms with Gasteiger partial charge >= 0.3 is 0 Å². The van der Waals surface area contributed by atoms with Gasteiger partial charge in [0.25, 0.3) is 5.91 Å². The van der Waals surface area contributed by atoms with Gasteiger partial charge in [-0.15, -0.1) is 12.4 Å². The van der Waals surface area contributed by atoms with Crippen LogP contribution >= 0.6 is 23.7 Å². The lowest BCUT2D eigenvalue weighted by molar-refractivity contribution is 0.0983. The first-order valence-corrected chi connectivity index (χ1v) is 11.6. The molecular formula is C24H32ClN3O5S. The fourth-order valence-electron chi connectivity index (χ4n) is 3.56. The highest BCUT2D eigenvalue weighted by atomic mass is 35.5. The minimum atomic E-state index is -0.188. The smallest absolute Gasteiger partial charge is 0.260 e. The highest BCUT2D eigenvalue weighted by Gasteiger charge is 2.25. The third-order valence-corrected chi connectivity index (χ3v) is 6.55. The second kappa shape index (κ2) is 12.6. The van der Waals surface area contributed by atoms with Crippen molar-refractivity contribution in [1.29, 1.82) is 0 Å². The first-order valence-electron chi connectivity index (χ1n) is 10.8. The molecule has 34 heavy (non-hydrogen) atoms. The summed E-state index contributed by atoms with van der Waals surface area (Å²) in [6.07, 6.45) is 0. The van der Waals surface area contributed by atoms with Crippen molar-refractivity contribution in [3.05, 3.63) is 35.9 Å². The largest absolute Gasteiger partial charge is 0.497 e. The molecule has 10 heteroatoms. The molecule has 186 valence electrons. The van der Waals surface area contributed by atoms with Crippen LogP contribution in [0, 0.1) is 0 Å². The van der Waals surface area contributed by atoms with Crippen LogP contribution in [0.3, 0.4) is 0 Å². The molecule has 0 N–H and O–H groups in total. The maximum Gasteiger partial charge on any atom is 0.260 e. The summed E-state index contributed by atoms with van der Waals surface area (Å²) in [6.45, 7) is 7.24. The SMILES string of the molecule is CCN(CC)CCN(C(=O)c1cc(OC)c(OC)c(OC)c1)c1nc2ccc(OC)cc2s1.Cl. The molecule has 0 saturated heterocycles. The van der Waals surface area contributed by atoms with Crippen LogP contribution in [-0.2, 0) is 0 Å². The molecule has 0 radical (unpaired) electrons. The zero-order valence-corrected chi connectivity index (χ0v) is 22.0. The molecule has 0 aliphatic rings. The van der Waals surface area contributed by atoms with E-state index in [0.29, 0.717) is 34.5 Å². The van der Waals surface area contributed by atoms with E-state index in [4.69, 9.17) is 23.9 Å². The molecule has 3 aromatic rings. The molecule has 3 rings (SSSR count). The number of halogens is 1. The molecule has 0 aliphatic heterocycles. The lowest BCUT2D eigenvalue weighted by Gasteiger charge is -2.25. The van der Waals surface area contributed by atoms with Crippen LogP contribution in [0.15, 0.2) is 30.3 Å². The van der Waals surface area contributed by atoms with E-state index in [1.807, 2.05) is 18.2 Å². The molecule has 8 nitrogen and oxygen atoms in total. The fraction of sp³-hybridized carbons (Fsp3) is 0.417. The Morgan fingerprint density at radius 1 is 0.912 bits per heavy atom. The van der Waals surface area contributed by atoms with Crippen molar-refractivity contribution >= 4 is 45.0 Å². The normalized spacial score (nSPS) is 10.7. The maximum atomic E-state index is 13.8. The number of thiazole rings is 1. The summed E-state index contributed by atoms with van der Waals surface area (Å²) < 4.78 is 22.6. The Hall–Kier alpha value is -2.75. The number of amides is 1. The highest BCUT2D eigenvalue weighted by molar-refractivity contribution is 7.22. The van der Waals surface area contributed by atoms with E-state index in [-0.39, 0.29) is 18.3 Å². The Kier molecular flexibility index (Phi) is 10.2. The van der Waals surface area contributed by atoms with Crippen molar-refractivity contribution in [2.45, 2.75) is 13.8 Å². The fourth-order valence-corrected chi connectivity index (χ4v) is 4.58. The van der Waals surface area contributed by atoms with Crippen molar-refractivity contribution in [3.63, 3.8) is 0 Å². The van der Waals surface area contributed by atoms with Crippen LogP contribution in [0.1, 0.15) is 24.2 Å². The molecule has 0 atom stereocenters. The van der Waals surface area contributed by atoms with E-state index < -0.39 is 0 Å². The van der Waals surface area contributed by atoms with Gasteiger partial charge in [-0.1, -0.05) is 25.2 Å². The second-order valence-electron chi connectivity index (χ2n) is 7.23. The minimum Gasteiger partial charge on any atom is -0.497 e. The number of benzene rings is 2. The summed E-state index contributed by atoms with van der Waals surface area (Å²) >= 11 is 1.46. The van der Waals surface area contributed by atoms with Crippen molar-refractivity contribution in [1.82, 2.24) is 9.88 Å². The summed E-state index contributed by atoms with van der Waals surface area (Å²) in [5.41, 5.74) is 1.25. The monoisotopic (exact) mass is 509 g/mol. The number of carbonyl (C=O) groups excluding carboxylic acids is 1. The van der Waals surface area contributed by atoms with E-state index in [0.717, 1.165) is 35.6 Å². The van der Waals surface area contributed by atoms with E-state index in [1.54, 1.807) is 24.1 Å². The van der Waals surface area contributed by atoms with Gasteiger partial charge in [0.15, 0.2) is 16.6 Å². The minimum absolute atomic E-state index is 0. The van der Waals surface area contributed by atoms with Gasteiger partial charge in [0, 0.05) is 18.7 Å². The first-order chi connectivity index (χ1) is 16.0. The Morgan fingerprint density at radius 2 is 1.56 bits per heavy atom. The lowest BCUT2D eigenvalue weighted by Crippen LogP contribution is -2.38. The molecule has 0 fully saturated rings. The number of likely N-dealkylation sites (N-methyl/N-ethyl adjacent to an activating group) is 1. The van der Waals surface area contributed by atoms with Crippen LogP contribution in [0.4, 0.5) is 5.13 Å². The molecule has 0 spiro atoms. The number of anilines is 1.